The lowest BCUT2D eigenvalue weighted by Crippen LogP contribution is -2.12. The summed E-state index contributed by atoms with van der Waals surface area (Å²) in [5.41, 5.74) is 5.16. The molecule has 1 aliphatic rings. The number of aromatic nitrogens is 3. The summed E-state index contributed by atoms with van der Waals surface area (Å²) in [6, 6.07) is 9.95. The van der Waals surface area contributed by atoms with Crippen molar-refractivity contribution in [1.82, 2.24) is 15.0 Å². The van der Waals surface area contributed by atoms with E-state index >= 15 is 0 Å². The summed E-state index contributed by atoms with van der Waals surface area (Å²) in [6.45, 7) is 1.32. The maximum atomic E-state index is 12.5. The number of benzene rings is 2. The van der Waals surface area contributed by atoms with Crippen LogP contribution in [0.2, 0.25) is 0 Å². The number of esters is 1. The molecular formula is C23H25N3O5. The molecule has 0 radical (unpaired) electrons. The molecule has 2 aromatic carbocycles. The Morgan fingerprint density at radius 3 is 2.68 bits per heavy atom. The summed E-state index contributed by atoms with van der Waals surface area (Å²) in [6.07, 6.45) is 3.17. The van der Waals surface area contributed by atoms with Gasteiger partial charge in [-0.25, -0.2) is 4.79 Å². The Bertz CT molecular complexity index is 1080. The summed E-state index contributed by atoms with van der Waals surface area (Å²) in [7, 11) is 4.82. The molecular weight excluding hydrogens is 398 g/mol. The zero-order valence-corrected chi connectivity index (χ0v) is 17.9. The van der Waals surface area contributed by atoms with Crippen molar-refractivity contribution in [3.8, 4) is 22.8 Å². The second-order valence-corrected chi connectivity index (χ2v) is 7.30. The van der Waals surface area contributed by atoms with Crippen LogP contribution in [0.25, 0.3) is 11.3 Å². The van der Waals surface area contributed by atoms with Gasteiger partial charge in [-0.1, -0.05) is 29.5 Å². The molecule has 8 nitrogen and oxygen atoms in total. The lowest BCUT2D eigenvalue weighted by Gasteiger charge is -2.17. The number of ether oxygens (including phenoxy) is 4. The molecule has 0 atom stereocenters. The Hall–Kier alpha value is -3.39. The van der Waals surface area contributed by atoms with Gasteiger partial charge in [-0.15, -0.1) is 5.10 Å². The summed E-state index contributed by atoms with van der Waals surface area (Å²) in [5.74, 6) is 0.887. The highest BCUT2D eigenvalue weighted by molar-refractivity contribution is 5.94. The number of fused-ring (bicyclic) bond motifs is 1. The lowest BCUT2D eigenvalue weighted by atomic mass is 9.96. The molecule has 0 aliphatic carbocycles. The number of hydrogen-bond donors (Lipinski definition) is 0. The molecule has 0 bridgehead atoms. The maximum absolute atomic E-state index is 12.5. The van der Waals surface area contributed by atoms with Crippen molar-refractivity contribution in [2.45, 2.75) is 12.8 Å². The summed E-state index contributed by atoms with van der Waals surface area (Å²) >= 11 is 0. The third-order valence-electron chi connectivity index (χ3n) is 5.19. The van der Waals surface area contributed by atoms with Gasteiger partial charge < -0.3 is 18.9 Å². The first-order valence-electron chi connectivity index (χ1n) is 10.1. The van der Waals surface area contributed by atoms with E-state index < -0.39 is 5.97 Å². The minimum atomic E-state index is -0.429. The third-order valence-corrected chi connectivity index (χ3v) is 5.19. The van der Waals surface area contributed by atoms with E-state index in [0.717, 1.165) is 33.7 Å². The monoisotopic (exact) mass is 423 g/mol. The minimum Gasteiger partial charge on any atom is -0.493 e. The van der Waals surface area contributed by atoms with Gasteiger partial charge in [-0.3, -0.25) is 4.68 Å². The molecule has 0 spiro atoms. The molecule has 31 heavy (non-hydrogen) atoms. The van der Waals surface area contributed by atoms with Crippen LogP contribution in [-0.2, 0) is 29.4 Å². The predicted octanol–water partition coefficient (Wildman–Crippen LogP) is 2.82. The molecule has 0 amide bonds. The van der Waals surface area contributed by atoms with Gasteiger partial charge in [0.25, 0.3) is 0 Å². The Morgan fingerprint density at radius 2 is 2.00 bits per heavy atom. The fourth-order valence-electron chi connectivity index (χ4n) is 3.70. The van der Waals surface area contributed by atoms with Crippen molar-refractivity contribution in [2.24, 2.45) is 7.05 Å². The van der Waals surface area contributed by atoms with E-state index in [-0.39, 0.29) is 0 Å². The van der Waals surface area contributed by atoms with Crippen LogP contribution in [-0.4, -0.2) is 55.0 Å². The summed E-state index contributed by atoms with van der Waals surface area (Å²) in [5, 5.41) is 8.12. The first kappa shape index (κ1) is 20.9. The van der Waals surface area contributed by atoms with E-state index in [0.29, 0.717) is 44.0 Å². The Morgan fingerprint density at radius 1 is 1.19 bits per heavy atom. The SMILES string of the molecule is COCCOc1c(C(=O)OC)cc(Cc2ccc(-c3cn(C)nn3)cc2)c2c1CCO2. The number of nitrogens with zero attached hydrogens (tertiary/aromatic N) is 3. The zero-order chi connectivity index (χ0) is 21.8. The van der Waals surface area contributed by atoms with Crippen LogP contribution in [0.15, 0.2) is 36.5 Å². The van der Waals surface area contributed by atoms with Gasteiger partial charge in [0.2, 0.25) is 0 Å². The van der Waals surface area contributed by atoms with Crippen molar-refractivity contribution in [2.75, 3.05) is 34.0 Å². The molecule has 1 aromatic heterocycles. The predicted molar refractivity (Wildman–Crippen MR) is 114 cm³/mol. The molecule has 1 aliphatic heterocycles. The first-order valence-corrected chi connectivity index (χ1v) is 10.1. The smallest absolute Gasteiger partial charge is 0.341 e. The fraction of sp³-hybridized carbons (Fsp3) is 0.348. The van der Waals surface area contributed by atoms with Crippen LogP contribution >= 0.6 is 0 Å². The van der Waals surface area contributed by atoms with Gasteiger partial charge in [0.05, 0.1) is 26.5 Å². The molecule has 4 rings (SSSR count). The molecule has 0 N–H and O–H groups in total. The van der Waals surface area contributed by atoms with E-state index in [4.69, 9.17) is 18.9 Å². The van der Waals surface area contributed by atoms with Crippen LogP contribution in [0.3, 0.4) is 0 Å². The Kier molecular flexibility index (Phi) is 6.18. The van der Waals surface area contributed by atoms with Crippen molar-refractivity contribution in [3.63, 3.8) is 0 Å². The van der Waals surface area contributed by atoms with Gasteiger partial charge in [0.1, 0.15) is 29.4 Å². The number of methoxy groups -OCH3 is 2. The number of aryl methyl sites for hydroxylation is 1. The average Bonchev–Trinajstić information content (AvgIpc) is 3.44. The van der Waals surface area contributed by atoms with Crippen LogP contribution in [0.5, 0.6) is 11.5 Å². The van der Waals surface area contributed by atoms with Crippen molar-refractivity contribution < 1.29 is 23.7 Å². The lowest BCUT2D eigenvalue weighted by molar-refractivity contribution is 0.0593. The number of rotatable bonds is 8. The second-order valence-electron chi connectivity index (χ2n) is 7.30. The topological polar surface area (TPSA) is 84.7 Å². The quantitative estimate of drug-likeness (QED) is 0.407. The maximum Gasteiger partial charge on any atom is 0.341 e. The molecule has 0 unspecified atom stereocenters. The average molecular weight is 423 g/mol. The molecule has 0 fully saturated rings. The van der Waals surface area contributed by atoms with Crippen molar-refractivity contribution in [3.05, 3.63) is 58.8 Å². The fourth-order valence-corrected chi connectivity index (χ4v) is 3.70. The van der Waals surface area contributed by atoms with Crippen LogP contribution in [0, 0.1) is 0 Å². The molecule has 2 heterocycles. The van der Waals surface area contributed by atoms with Crippen LogP contribution < -0.4 is 9.47 Å². The standard InChI is InChI=1S/C23H25N3O5/c1-26-14-20(24-25-26)16-6-4-15(5-7-16)12-17-13-19(23(27)29-3)22(31-11-10-28-2)18-8-9-30-21(17)18/h4-7,13-14H,8-12H2,1-3H3. The van der Waals surface area contributed by atoms with Crippen LogP contribution in [0.1, 0.15) is 27.0 Å². The normalized spacial score (nSPS) is 12.4. The highest BCUT2D eigenvalue weighted by atomic mass is 16.5. The molecule has 8 heteroatoms. The van der Waals surface area contributed by atoms with E-state index in [2.05, 4.69) is 10.3 Å². The van der Waals surface area contributed by atoms with E-state index in [9.17, 15) is 4.79 Å². The van der Waals surface area contributed by atoms with Gasteiger partial charge in [-0.05, 0) is 17.2 Å². The highest BCUT2D eigenvalue weighted by Gasteiger charge is 2.28. The Balaban J connectivity index is 1.65. The minimum absolute atomic E-state index is 0.343. The second kappa shape index (κ2) is 9.18. The number of hydrogen-bond acceptors (Lipinski definition) is 7. The van der Waals surface area contributed by atoms with Gasteiger partial charge in [-0.2, -0.15) is 0 Å². The van der Waals surface area contributed by atoms with E-state index in [1.165, 1.54) is 7.11 Å². The van der Waals surface area contributed by atoms with Gasteiger partial charge >= 0.3 is 5.97 Å². The van der Waals surface area contributed by atoms with E-state index in [1.807, 2.05) is 43.6 Å². The van der Waals surface area contributed by atoms with Crippen molar-refractivity contribution in [1.29, 1.82) is 0 Å². The zero-order valence-electron chi connectivity index (χ0n) is 17.9. The van der Waals surface area contributed by atoms with Gasteiger partial charge in [0.15, 0.2) is 0 Å². The van der Waals surface area contributed by atoms with Crippen LogP contribution in [0.4, 0.5) is 0 Å². The highest BCUT2D eigenvalue weighted by Crippen LogP contribution is 2.41. The summed E-state index contributed by atoms with van der Waals surface area (Å²) in [4.78, 5) is 12.5. The largest absolute Gasteiger partial charge is 0.493 e. The van der Waals surface area contributed by atoms with Gasteiger partial charge in [0, 0.05) is 38.1 Å². The first-order chi connectivity index (χ1) is 15.1. The molecule has 3 aromatic rings. The number of carbonyl (C=O) groups excluding carboxylic acids is 1. The Labute approximate surface area is 180 Å². The molecule has 0 saturated heterocycles. The summed E-state index contributed by atoms with van der Waals surface area (Å²) < 4.78 is 23.6. The van der Waals surface area contributed by atoms with Crippen molar-refractivity contribution >= 4 is 5.97 Å². The third kappa shape index (κ3) is 4.39. The molecule has 0 saturated carbocycles. The van der Waals surface area contributed by atoms with E-state index in [1.54, 1.807) is 11.8 Å². The number of carbonyl (C=O) groups is 1. The molecule has 162 valence electrons.